The van der Waals surface area contributed by atoms with E-state index >= 15 is 0 Å². The molecule has 0 aliphatic rings. The Bertz CT molecular complexity index is 150. The Labute approximate surface area is 74.9 Å². The van der Waals surface area contributed by atoms with Crippen molar-refractivity contribution in [1.29, 1.82) is 0 Å². The van der Waals surface area contributed by atoms with Gasteiger partial charge in [-0.15, -0.1) is 11.6 Å². The van der Waals surface area contributed by atoms with Crippen LogP contribution in [0.5, 0.6) is 0 Å². The van der Waals surface area contributed by atoms with Crippen LogP contribution in [0.2, 0.25) is 0 Å². The lowest BCUT2D eigenvalue weighted by molar-refractivity contribution is 1.02. The zero-order valence-corrected chi connectivity index (χ0v) is 8.41. The second-order valence-electron chi connectivity index (χ2n) is 3.04. The van der Waals surface area contributed by atoms with Gasteiger partial charge >= 0.3 is 0 Å². The van der Waals surface area contributed by atoms with Gasteiger partial charge in [0, 0.05) is 5.88 Å². The molecule has 0 N–H and O–H groups in total. The lowest BCUT2D eigenvalue weighted by atomic mass is 10.2. The van der Waals surface area contributed by atoms with Crippen molar-refractivity contribution >= 4 is 11.6 Å². The molecular formula is C10H17Cl. The third-order valence-corrected chi connectivity index (χ3v) is 1.84. The average molecular weight is 173 g/mol. The van der Waals surface area contributed by atoms with Gasteiger partial charge in [0.2, 0.25) is 0 Å². The molecule has 0 aromatic carbocycles. The molecule has 0 spiro atoms. The van der Waals surface area contributed by atoms with E-state index in [1.54, 1.807) is 0 Å². The Morgan fingerprint density at radius 2 is 1.64 bits per heavy atom. The highest BCUT2D eigenvalue weighted by molar-refractivity contribution is 6.19. The molecular weight excluding hydrogens is 156 g/mol. The molecule has 0 aromatic rings. The molecule has 0 atom stereocenters. The number of hydrogen-bond acceptors (Lipinski definition) is 0. The predicted molar refractivity (Wildman–Crippen MR) is 53.1 cm³/mol. The van der Waals surface area contributed by atoms with Crippen LogP contribution in [0.4, 0.5) is 0 Å². The van der Waals surface area contributed by atoms with Gasteiger partial charge in [-0.1, -0.05) is 23.3 Å². The molecule has 0 amide bonds. The molecule has 0 aliphatic carbocycles. The smallest absolute Gasteiger partial charge is 0.0430 e. The van der Waals surface area contributed by atoms with Gasteiger partial charge in [0.15, 0.2) is 0 Å². The number of allylic oxidation sites excluding steroid dienone is 4. The lowest BCUT2D eigenvalue weighted by Gasteiger charge is -1.93. The first kappa shape index (κ1) is 10.8. The average Bonchev–Trinajstić information content (AvgIpc) is 1.97. The summed E-state index contributed by atoms with van der Waals surface area (Å²) in [5.41, 5.74) is 2.66. The molecule has 0 fully saturated rings. The Morgan fingerprint density at radius 3 is 2.09 bits per heavy atom. The lowest BCUT2D eigenvalue weighted by Crippen LogP contribution is -1.76. The van der Waals surface area contributed by atoms with Crippen molar-refractivity contribution in [2.75, 3.05) is 5.88 Å². The summed E-state index contributed by atoms with van der Waals surface area (Å²) in [5, 5.41) is 0. The molecule has 0 heterocycles. The van der Waals surface area contributed by atoms with E-state index in [4.69, 9.17) is 11.6 Å². The largest absolute Gasteiger partial charge is 0.122 e. The predicted octanol–water partition coefficient (Wildman–Crippen LogP) is 3.92. The van der Waals surface area contributed by atoms with E-state index in [9.17, 15) is 0 Å². The third kappa shape index (κ3) is 7.67. The molecule has 0 aromatic heterocycles. The van der Waals surface area contributed by atoms with Crippen LogP contribution in [-0.2, 0) is 0 Å². The number of hydrogen-bond donors (Lipinski definition) is 0. The van der Waals surface area contributed by atoms with E-state index < -0.39 is 0 Å². The summed E-state index contributed by atoms with van der Waals surface area (Å²) in [6.07, 6.45) is 6.70. The van der Waals surface area contributed by atoms with Crippen molar-refractivity contribution in [3.63, 3.8) is 0 Å². The van der Waals surface area contributed by atoms with Gasteiger partial charge < -0.3 is 0 Å². The van der Waals surface area contributed by atoms with E-state index in [1.165, 1.54) is 11.1 Å². The Kier molecular flexibility index (Phi) is 6.34. The van der Waals surface area contributed by atoms with Crippen LogP contribution in [0.1, 0.15) is 33.6 Å². The molecule has 0 bridgehead atoms. The first-order valence-electron chi connectivity index (χ1n) is 4.01. The molecule has 11 heavy (non-hydrogen) atoms. The fraction of sp³-hybridized carbons (Fsp3) is 0.600. The highest BCUT2D eigenvalue weighted by Gasteiger charge is 1.84. The maximum atomic E-state index is 5.61. The molecule has 0 saturated heterocycles. The Balaban J connectivity index is 3.49. The maximum absolute atomic E-state index is 5.61. The fourth-order valence-electron chi connectivity index (χ4n) is 0.756. The highest BCUT2D eigenvalue weighted by Crippen LogP contribution is 2.02. The van der Waals surface area contributed by atoms with E-state index in [1.807, 2.05) is 0 Å². The first-order chi connectivity index (χ1) is 5.16. The molecule has 0 saturated carbocycles. The van der Waals surface area contributed by atoms with E-state index in [-0.39, 0.29) is 0 Å². The summed E-state index contributed by atoms with van der Waals surface area (Å²) < 4.78 is 0. The van der Waals surface area contributed by atoms with Crippen molar-refractivity contribution < 1.29 is 0 Å². The molecule has 0 rings (SSSR count). The molecule has 1 heteroatoms. The molecule has 0 aliphatic heterocycles. The second kappa shape index (κ2) is 6.48. The van der Waals surface area contributed by atoms with Gasteiger partial charge in [-0.25, -0.2) is 0 Å². The van der Waals surface area contributed by atoms with Gasteiger partial charge in [0.05, 0.1) is 0 Å². The third-order valence-electron chi connectivity index (χ3n) is 1.42. The maximum Gasteiger partial charge on any atom is 0.0430 e. The normalized spacial score (nSPS) is 11.5. The van der Waals surface area contributed by atoms with Crippen molar-refractivity contribution in [3.8, 4) is 0 Å². The van der Waals surface area contributed by atoms with Crippen molar-refractivity contribution in [1.82, 2.24) is 0 Å². The van der Waals surface area contributed by atoms with Gasteiger partial charge in [0.25, 0.3) is 0 Å². The van der Waals surface area contributed by atoms with Crippen LogP contribution in [0.15, 0.2) is 23.3 Å². The second-order valence-corrected chi connectivity index (χ2v) is 3.31. The summed E-state index contributed by atoms with van der Waals surface area (Å²) in [5.74, 6) is 0.662. The zero-order valence-electron chi connectivity index (χ0n) is 7.65. The minimum absolute atomic E-state index is 0.662. The Hall–Kier alpha value is -0.230. The summed E-state index contributed by atoms with van der Waals surface area (Å²) in [7, 11) is 0. The van der Waals surface area contributed by atoms with Gasteiger partial charge in [-0.2, -0.15) is 0 Å². The number of halogens is 1. The quantitative estimate of drug-likeness (QED) is 0.343. The number of rotatable bonds is 4. The molecule has 64 valence electrons. The fourth-order valence-corrected chi connectivity index (χ4v) is 0.865. The Morgan fingerprint density at radius 1 is 1.09 bits per heavy atom. The van der Waals surface area contributed by atoms with E-state index in [0.717, 1.165) is 12.8 Å². The van der Waals surface area contributed by atoms with Crippen molar-refractivity contribution in [2.24, 2.45) is 0 Å². The minimum Gasteiger partial charge on any atom is -0.122 e. The minimum atomic E-state index is 0.662. The van der Waals surface area contributed by atoms with Crippen LogP contribution < -0.4 is 0 Å². The number of unbranched alkanes of at least 4 members (excludes halogenated alkanes) is 1. The van der Waals surface area contributed by atoms with Gasteiger partial charge in [-0.3, -0.25) is 0 Å². The van der Waals surface area contributed by atoms with E-state index in [2.05, 4.69) is 32.9 Å². The SMILES string of the molecule is CC(C)=CCC/C=C(\C)CCl. The first-order valence-corrected chi connectivity index (χ1v) is 4.55. The molecule has 0 radical (unpaired) electrons. The van der Waals surface area contributed by atoms with Crippen molar-refractivity contribution in [2.45, 2.75) is 33.6 Å². The van der Waals surface area contributed by atoms with Gasteiger partial charge in [0.1, 0.15) is 0 Å². The molecule has 0 nitrogen and oxygen atoms in total. The van der Waals surface area contributed by atoms with Gasteiger partial charge in [-0.05, 0) is 33.6 Å². The van der Waals surface area contributed by atoms with Crippen LogP contribution >= 0.6 is 11.6 Å². The molecule has 0 unspecified atom stereocenters. The topological polar surface area (TPSA) is 0 Å². The highest BCUT2D eigenvalue weighted by atomic mass is 35.5. The number of alkyl halides is 1. The van der Waals surface area contributed by atoms with E-state index in [0.29, 0.717) is 5.88 Å². The zero-order chi connectivity index (χ0) is 8.69. The summed E-state index contributed by atoms with van der Waals surface area (Å²) in [4.78, 5) is 0. The van der Waals surface area contributed by atoms with Crippen LogP contribution in [-0.4, -0.2) is 5.88 Å². The van der Waals surface area contributed by atoms with Crippen LogP contribution in [0, 0.1) is 0 Å². The standard InChI is InChI=1S/C10H17Cl/c1-9(2)6-4-5-7-10(3)8-11/h6-7H,4-5,8H2,1-3H3/b10-7+. The van der Waals surface area contributed by atoms with Crippen LogP contribution in [0.25, 0.3) is 0 Å². The van der Waals surface area contributed by atoms with Crippen molar-refractivity contribution in [3.05, 3.63) is 23.3 Å². The van der Waals surface area contributed by atoms with Crippen LogP contribution in [0.3, 0.4) is 0 Å². The monoisotopic (exact) mass is 172 g/mol. The summed E-state index contributed by atoms with van der Waals surface area (Å²) in [6, 6.07) is 0. The summed E-state index contributed by atoms with van der Waals surface area (Å²) in [6.45, 7) is 6.31. The summed E-state index contributed by atoms with van der Waals surface area (Å²) >= 11 is 5.61.